The Labute approximate surface area is 133 Å². The molecule has 2 N–H and O–H groups in total. The lowest BCUT2D eigenvalue weighted by Gasteiger charge is -2.33. The Balaban J connectivity index is 2.50. The number of nitrogens with zero attached hydrogens (tertiary/aromatic N) is 2. The van der Waals surface area contributed by atoms with Crippen molar-refractivity contribution in [3.8, 4) is 0 Å². The molecule has 21 heavy (non-hydrogen) atoms. The van der Waals surface area contributed by atoms with Gasteiger partial charge < -0.3 is 15.4 Å². The van der Waals surface area contributed by atoms with E-state index in [9.17, 15) is 4.79 Å². The third kappa shape index (κ3) is 6.26. The summed E-state index contributed by atoms with van der Waals surface area (Å²) in [5, 5.41) is 0.851. The molecule has 0 aromatic heterocycles. The van der Waals surface area contributed by atoms with Crippen LogP contribution in [0.3, 0.4) is 0 Å². The van der Waals surface area contributed by atoms with Gasteiger partial charge in [0, 0.05) is 25.0 Å². The van der Waals surface area contributed by atoms with Crippen LogP contribution in [0.1, 0.15) is 47.5 Å². The molecule has 5 nitrogen and oxygen atoms in total. The lowest BCUT2D eigenvalue weighted by Crippen LogP contribution is -2.42. The van der Waals surface area contributed by atoms with E-state index < -0.39 is 5.60 Å². The van der Waals surface area contributed by atoms with Crippen LogP contribution in [-0.2, 0) is 4.74 Å². The topological polar surface area (TPSA) is 67.9 Å². The van der Waals surface area contributed by atoms with Gasteiger partial charge >= 0.3 is 6.09 Å². The number of carbonyl (C=O) groups is 1. The molecule has 1 saturated heterocycles. The minimum Gasteiger partial charge on any atom is -0.444 e. The molecule has 0 aromatic carbocycles. The summed E-state index contributed by atoms with van der Waals surface area (Å²) in [7, 11) is 0. The Morgan fingerprint density at radius 1 is 1.33 bits per heavy atom. The maximum absolute atomic E-state index is 12.0. The van der Waals surface area contributed by atoms with Gasteiger partial charge in [-0.05, 0) is 47.5 Å². The van der Waals surface area contributed by atoms with Crippen molar-refractivity contribution in [3.05, 3.63) is 0 Å². The Bertz CT molecular complexity index is 383. The number of rotatable bonds is 3. The number of hydrogen-bond acceptors (Lipinski definition) is 4. The van der Waals surface area contributed by atoms with E-state index in [-0.39, 0.29) is 18.2 Å². The number of piperidine rings is 1. The fraction of sp³-hybridized carbons (Fsp3) is 0.867. The van der Waals surface area contributed by atoms with Gasteiger partial charge in [0.2, 0.25) is 0 Å². The zero-order valence-electron chi connectivity index (χ0n) is 13.8. The van der Waals surface area contributed by atoms with Crippen molar-refractivity contribution in [2.24, 2.45) is 16.6 Å². The monoisotopic (exact) mass is 315 g/mol. The van der Waals surface area contributed by atoms with Gasteiger partial charge in [-0.15, -0.1) is 12.6 Å². The highest BCUT2D eigenvalue weighted by atomic mass is 32.1. The highest BCUT2D eigenvalue weighted by Crippen LogP contribution is 2.22. The smallest absolute Gasteiger partial charge is 0.410 e. The molecule has 2 atom stereocenters. The van der Waals surface area contributed by atoms with E-state index in [1.165, 1.54) is 0 Å². The van der Waals surface area contributed by atoms with E-state index in [1.54, 1.807) is 4.90 Å². The molecule has 1 aliphatic heterocycles. The van der Waals surface area contributed by atoms with Gasteiger partial charge in [-0.2, -0.15) is 0 Å². The fourth-order valence-electron chi connectivity index (χ4n) is 2.08. The van der Waals surface area contributed by atoms with Crippen molar-refractivity contribution in [1.29, 1.82) is 0 Å². The number of amides is 1. The molecule has 1 aliphatic rings. The summed E-state index contributed by atoms with van der Waals surface area (Å²) in [6.45, 7) is 11.0. The highest BCUT2D eigenvalue weighted by molar-refractivity contribution is 7.97. The molecule has 0 spiro atoms. The van der Waals surface area contributed by atoms with Crippen molar-refractivity contribution in [2.45, 2.75) is 65.1 Å². The van der Waals surface area contributed by atoms with Crippen molar-refractivity contribution < 1.29 is 9.53 Å². The van der Waals surface area contributed by atoms with Crippen molar-refractivity contribution in [1.82, 2.24) is 4.90 Å². The Kier molecular flexibility index (Phi) is 6.53. The van der Waals surface area contributed by atoms with Crippen LogP contribution in [0, 0.1) is 5.92 Å². The van der Waals surface area contributed by atoms with Gasteiger partial charge in [0.25, 0.3) is 0 Å². The van der Waals surface area contributed by atoms with Crippen LogP contribution in [0.25, 0.3) is 0 Å². The number of thiol groups is 1. The maximum atomic E-state index is 12.0. The molecule has 0 radical (unpaired) electrons. The van der Waals surface area contributed by atoms with Gasteiger partial charge in [0.15, 0.2) is 0 Å². The minimum atomic E-state index is -0.448. The Morgan fingerprint density at radius 2 is 1.86 bits per heavy atom. The predicted molar refractivity (Wildman–Crippen MR) is 90.1 cm³/mol. The largest absolute Gasteiger partial charge is 0.444 e. The van der Waals surface area contributed by atoms with Crippen molar-refractivity contribution in [3.63, 3.8) is 0 Å². The average Bonchev–Trinajstić information content (AvgIpc) is 2.36. The lowest BCUT2D eigenvalue weighted by atomic mass is 9.98. The van der Waals surface area contributed by atoms with Crippen LogP contribution in [0.5, 0.6) is 0 Å². The molecule has 0 bridgehead atoms. The summed E-state index contributed by atoms with van der Waals surface area (Å²) < 4.78 is 5.39. The van der Waals surface area contributed by atoms with Crippen molar-refractivity contribution in [2.75, 3.05) is 13.1 Å². The molecule has 2 unspecified atom stereocenters. The van der Waals surface area contributed by atoms with Crippen LogP contribution in [0.2, 0.25) is 0 Å². The first-order valence-corrected chi connectivity index (χ1v) is 8.05. The van der Waals surface area contributed by atoms with E-state index in [4.69, 9.17) is 10.5 Å². The molecule has 1 fully saturated rings. The summed E-state index contributed by atoms with van der Waals surface area (Å²) in [5.41, 5.74) is 5.38. The quantitative estimate of drug-likeness (QED) is 0.478. The summed E-state index contributed by atoms with van der Waals surface area (Å²) in [6, 6.07) is 0.0930. The second-order valence-corrected chi connectivity index (χ2v) is 7.29. The summed E-state index contributed by atoms with van der Waals surface area (Å²) in [4.78, 5) is 18.3. The predicted octanol–water partition coefficient (Wildman–Crippen LogP) is 2.70. The van der Waals surface area contributed by atoms with Gasteiger partial charge in [-0.25, -0.2) is 4.79 Å². The number of hydrogen-bond donors (Lipinski definition) is 2. The van der Waals surface area contributed by atoms with E-state index in [2.05, 4.69) is 17.6 Å². The van der Waals surface area contributed by atoms with Crippen LogP contribution in [0.4, 0.5) is 4.79 Å². The van der Waals surface area contributed by atoms with Crippen LogP contribution < -0.4 is 5.73 Å². The zero-order valence-corrected chi connectivity index (χ0v) is 14.7. The van der Waals surface area contributed by atoms with Crippen LogP contribution >= 0.6 is 12.6 Å². The molecule has 0 aliphatic carbocycles. The van der Waals surface area contributed by atoms with Crippen LogP contribution in [-0.4, -0.2) is 46.8 Å². The van der Waals surface area contributed by atoms with E-state index in [0.717, 1.165) is 17.9 Å². The summed E-state index contributed by atoms with van der Waals surface area (Å²) >= 11 is 4.52. The number of likely N-dealkylation sites (tertiary alicyclic amines) is 1. The van der Waals surface area contributed by atoms with Crippen LogP contribution in [0.15, 0.2) is 4.99 Å². The normalized spacial score (nSPS) is 21.1. The second kappa shape index (κ2) is 7.49. The first-order chi connectivity index (χ1) is 9.60. The number of aliphatic imine (C=N–C) groups is 1. The van der Waals surface area contributed by atoms with E-state index in [0.29, 0.717) is 19.0 Å². The molecular formula is C15H29N3O2S. The first kappa shape index (κ1) is 18.3. The van der Waals surface area contributed by atoms with Crippen molar-refractivity contribution >= 4 is 23.8 Å². The Hall–Kier alpha value is -0.750. The highest BCUT2D eigenvalue weighted by Gasteiger charge is 2.28. The minimum absolute atomic E-state index is 0.0222. The van der Waals surface area contributed by atoms with Gasteiger partial charge in [-0.1, -0.05) is 0 Å². The molecule has 1 heterocycles. The summed E-state index contributed by atoms with van der Waals surface area (Å²) in [5.74, 6) is 0.313. The number of ether oxygens (including phenoxy) is 1. The molecular weight excluding hydrogens is 286 g/mol. The molecule has 1 amide bonds. The average molecular weight is 315 g/mol. The standard InChI is InChI=1S/C15H29N3O2S/c1-10(16)11(2)17-13(21)12-6-8-18(9-7-12)14(19)20-15(3,4)5/h10-12H,6-9,16H2,1-5H3,(H,17,21). The molecule has 6 heteroatoms. The third-order valence-corrected chi connectivity index (χ3v) is 4.09. The molecule has 0 aromatic rings. The van der Waals surface area contributed by atoms with Gasteiger partial charge in [0.1, 0.15) is 5.60 Å². The fourth-order valence-corrected chi connectivity index (χ4v) is 2.52. The van der Waals surface area contributed by atoms with E-state index >= 15 is 0 Å². The Morgan fingerprint density at radius 3 is 2.29 bits per heavy atom. The number of nitrogens with two attached hydrogens (primary N) is 1. The maximum Gasteiger partial charge on any atom is 0.410 e. The first-order valence-electron chi connectivity index (χ1n) is 7.60. The molecule has 1 rings (SSSR count). The molecule has 122 valence electrons. The zero-order chi connectivity index (χ0) is 16.2. The summed E-state index contributed by atoms with van der Waals surface area (Å²) in [6.07, 6.45) is 1.50. The lowest BCUT2D eigenvalue weighted by molar-refractivity contribution is 0.0202. The van der Waals surface area contributed by atoms with Gasteiger partial charge in [-0.3, -0.25) is 4.99 Å². The third-order valence-electron chi connectivity index (χ3n) is 3.61. The second-order valence-electron chi connectivity index (χ2n) is 6.83. The van der Waals surface area contributed by atoms with Gasteiger partial charge in [0.05, 0.1) is 11.1 Å². The molecule has 0 saturated carbocycles. The SMILES string of the molecule is CC(N)C(C)/N=C(\S)C1CCN(C(=O)OC(C)(C)C)CC1. The van der Waals surface area contributed by atoms with E-state index in [1.807, 2.05) is 34.6 Å². The number of carbonyl (C=O) groups excluding carboxylic acids is 1.